The number of nitrogens with two attached hydrogens (primary N) is 1. The van der Waals surface area contributed by atoms with Gasteiger partial charge in [-0.05, 0) is 49.3 Å². The monoisotopic (exact) mass is 258 g/mol. The second kappa shape index (κ2) is 4.48. The van der Waals surface area contributed by atoms with Crippen LogP contribution in [0.25, 0.3) is 0 Å². The molecule has 2 aromatic rings. The van der Waals surface area contributed by atoms with Crippen molar-refractivity contribution in [1.29, 1.82) is 0 Å². The van der Waals surface area contributed by atoms with Crippen LogP contribution in [0.5, 0.6) is 0 Å². The number of hydrogen-bond donors (Lipinski definition) is 1. The number of fused-ring (bicyclic) bond motifs is 1. The lowest BCUT2D eigenvalue weighted by Gasteiger charge is -2.26. The molecule has 18 heavy (non-hydrogen) atoms. The Kier molecular flexibility index (Phi) is 2.96. The van der Waals surface area contributed by atoms with Crippen molar-refractivity contribution in [2.75, 3.05) is 6.54 Å². The van der Waals surface area contributed by atoms with E-state index in [9.17, 15) is 0 Å². The maximum absolute atomic E-state index is 6.08. The normalized spacial score (nSPS) is 16.8. The van der Waals surface area contributed by atoms with Crippen LogP contribution < -0.4 is 5.73 Å². The Bertz CT molecular complexity index is 534. The molecule has 1 aliphatic carbocycles. The summed E-state index contributed by atoms with van der Waals surface area (Å²) in [5.41, 5.74) is 10.4. The molecule has 1 aromatic carbocycles. The quantitative estimate of drug-likeness (QED) is 0.919. The summed E-state index contributed by atoms with van der Waals surface area (Å²) in [6.07, 6.45) is 3.19. The lowest BCUT2D eigenvalue weighted by molar-refractivity contribution is 0.312. The lowest BCUT2D eigenvalue weighted by atomic mass is 9.80. The molecule has 3 heteroatoms. The molecule has 94 valence electrons. The third kappa shape index (κ3) is 2.08. The highest BCUT2D eigenvalue weighted by atomic mass is 32.1. The highest BCUT2D eigenvalue weighted by molar-refractivity contribution is 7.09. The van der Waals surface area contributed by atoms with Crippen LogP contribution in [0.2, 0.25) is 0 Å². The molecule has 0 saturated carbocycles. The highest BCUT2D eigenvalue weighted by Gasteiger charge is 2.36. The first-order valence-corrected chi connectivity index (χ1v) is 7.27. The van der Waals surface area contributed by atoms with E-state index in [0.29, 0.717) is 0 Å². The third-order valence-corrected chi connectivity index (χ3v) is 4.73. The van der Waals surface area contributed by atoms with Gasteiger partial charge in [0.05, 0.1) is 10.7 Å². The summed E-state index contributed by atoms with van der Waals surface area (Å²) in [6.45, 7) is 2.80. The van der Waals surface area contributed by atoms with E-state index in [0.717, 1.165) is 30.8 Å². The maximum atomic E-state index is 6.08. The Hall–Kier alpha value is -1.19. The minimum Gasteiger partial charge on any atom is -0.330 e. The molecular weight excluding hydrogens is 240 g/mol. The van der Waals surface area contributed by atoms with E-state index in [2.05, 4.69) is 41.6 Å². The fraction of sp³-hybridized carbons (Fsp3) is 0.400. The summed E-state index contributed by atoms with van der Waals surface area (Å²) >= 11 is 1.73. The topological polar surface area (TPSA) is 38.9 Å². The fourth-order valence-electron chi connectivity index (χ4n) is 2.99. The number of benzene rings is 1. The molecule has 0 unspecified atom stereocenters. The molecule has 3 rings (SSSR count). The van der Waals surface area contributed by atoms with Crippen LogP contribution >= 0.6 is 11.3 Å². The third-order valence-electron chi connectivity index (χ3n) is 3.90. The molecule has 1 aliphatic rings. The van der Waals surface area contributed by atoms with Crippen molar-refractivity contribution in [3.63, 3.8) is 0 Å². The highest BCUT2D eigenvalue weighted by Crippen LogP contribution is 2.38. The van der Waals surface area contributed by atoms with E-state index >= 15 is 0 Å². The summed E-state index contributed by atoms with van der Waals surface area (Å²) in [5.74, 6) is 0. The number of rotatable bonds is 3. The van der Waals surface area contributed by atoms with Crippen molar-refractivity contribution < 1.29 is 0 Å². The van der Waals surface area contributed by atoms with Crippen molar-refractivity contribution in [2.45, 2.75) is 26.2 Å². The second-order valence-corrected chi connectivity index (χ2v) is 6.42. The van der Waals surface area contributed by atoms with Crippen molar-refractivity contribution in [1.82, 2.24) is 4.98 Å². The van der Waals surface area contributed by atoms with E-state index in [1.165, 1.54) is 16.8 Å². The van der Waals surface area contributed by atoms with E-state index in [1.807, 2.05) is 0 Å². The Labute approximate surface area is 112 Å². The van der Waals surface area contributed by atoms with Gasteiger partial charge in [0.2, 0.25) is 0 Å². The predicted molar refractivity (Wildman–Crippen MR) is 75.9 cm³/mol. The lowest BCUT2D eigenvalue weighted by Crippen LogP contribution is -2.33. The molecular formula is C15H18N2S. The SMILES string of the molecule is Cc1nc(CC2(CN)Cc3ccccc3C2)cs1. The number of aromatic nitrogens is 1. The summed E-state index contributed by atoms with van der Waals surface area (Å²) in [4.78, 5) is 4.59. The first kappa shape index (κ1) is 11.9. The van der Waals surface area contributed by atoms with Gasteiger partial charge in [-0.3, -0.25) is 0 Å². The van der Waals surface area contributed by atoms with Crippen LogP contribution in [0.4, 0.5) is 0 Å². The number of hydrogen-bond acceptors (Lipinski definition) is 3. The van der Waals surface area contributed by atoms with Gasteiger partial charge in [-0.15, -0.1) is 11.3 Å². The van der Waals surface area contributed by atoms with Crippen molar-refractivity contribution in [3.05, 3.63) is 51.5 Å². The number of thiazole rings is 1. The summed E-state index contributed by atoms with van der Waals surface area (Å²) in [7, 11) is 0. The van der Waals surface area contributed by atoms with E-state index < -0.39 is 0 Å². The average molecular weight is 258 g/mol. The zero-order valence-electron chi connectivity index (χ0n) is 10.6. The summed E-state index contributed by atoms with van der Waals surface area (Å²) in [6, 6.07) is 8.72. The Morgan fingerprint density at radius 2 is 1.94 bits per heavy atom. The molecule has 0 atom stereocenters. The zero-order valence-corrected chi connectivity index (χ0v) is 11.5. The molecule has 0 aliphatic heterocycles. The summed E-state index contributed by atoms with van der Waals surface area (Å²) in [5, 5.41) is 3.32. The molecule has 1 aromatic heterocycles. The molecule has 0 bridgehead atoms. The van der Waals surface area contributed by atoms with Crippen molar-refractivity contribution in [2.24, 2.45) is 11.1 Å². The van der Waals surface area contributed by atoms with Gasteiger partial charge >= 0.3 is 0 Å². The Morgan fingerprint density at radius 1 is 1.28 bits per heavy atom. The minimum atomic E-state index is 0.185. The molecule has 0 saturated heterocycles. The van der Waals surface area contributed by atoms with Gasteiger partial charge in [-0.1, -0.05) is 24.3 Å². The molecule has 1 heterocycles. The molecule has 0 spiro atoms. The van der Waals surface area contributed by atoms with Crippen LogP contribution in [-0.4, -0.2) is 11.5 Å². The van der Waals surface area contributed by atoms with Crippen LogP contribution in [0, 0.1) is 12.3 Å². The Balaban J connectivity index is 1.86. The van der Waals surface area contributed by atoms with Crippen LogP contribution in [-0.2, 0) is 19.3 Å². The van der Waals surface area contributed by atoms with E-state index in [1.54, 1.807) is 11.3 Å². The number of aryl methyl sites for hydroxylation is 1. The largest absolute Gasteiger partial charge is 0.330 e. The molecule has 2 N–H and O–H groups in total. The first-order chi connectivity index (χ1) is 8.71. The molecule has 0 amide bonds. The van der Waals surface area contributed by atoms with Crippen molar-refractivity contribution >= 4 is 11.3 Å². The predicted octanol–water partition coefficient (Wildman–Crippen LogP) is 2.74. The van der Waals surface area contributed by atoms with Gasteiger partial charge in [0, 0.05) is 5.38 Å². The van der Waals surface area contributed by atoms with Crippen LogP contribution in [0.1, 0.15) is 21.8 Å². The maximum Gasteiger partial charge on any atom is 0.0897 e. The van der Waals surface area contributed by atoms with Gasteiger partial charge in [0.1, 0.15) is 0 Å². The molecule has 0 radical (unpaired) electrons. The van der Waals surface area contributed by atoms with Gasteiger partial charge in [0.25, 0.3) is 0 Å². The average Bonchev–Trinajstić information content (AvgIpc) is 2.93. The van der Waals surface area contributed by atoms with Crippen molar-refractivity contribution in [3.8, 4) is 0 Å². The van der Waals surface area contributed by atoms with Gasteiger partial charge in [-0.2, -0.15) is 0 Å². The molecule has 0 fully saturated rings. The Morgan fingerprint density at radius 3 is 2.44 bits per heavy atom. The van der Waals surface area contributed by atoms with Crippen LogP contribution in [0.3, 0.4) is 0 Å². The number of nitrogens with zero attached hydrogens (tertiary/aromatic N) is 1. The van der Waals surface area contributed by atoms with E-state index in [4.69, 9.17) is 5.73 Å². The smallest absolute Gasteiger partial charge is 0.0897 e. The first-order valence-electron chi connectivity index (χ1n) is 6.39. The summed E-state index contributed by atoms with van der Waals surface area (Å²) < 4.78 is 0. The molecule has 2 nitrogen and oxygen atoms in total. The fourth-order valence-corrected chi connectivity index (χ4v) is 3.60. The second-order valence-electron chi connectivity index (χ2n) is 5.36. The van der Waals surface area contributed by atoms with Gasteiger partial charge < -0.3 is 5.73 Å². The minimum absolute atomic E-state index is 0.185. The van der Waals surface area contributed by atoms with E-state index in [-0.39, 0.29) is 5.41 Å². The standard InChI is InChI=1S/C15H18N2S/c1-11-17-14(9-18-11)8-15(10-16)6-12-4-2-3-5-13(12)7-15/h2-5,9H,6-8,10,16H2,1H3. The van der Waals surface area contributed by atoms with Gasteiger partial charge in [0.15, 0.2) is 0 Å². The van der Waals surface area contributed by atoms with Gasteiger partial charge in [-0.25, -0.2) is 4.98 Å². The van der Waals surface area contributed by atoms with Crippen LogP contribution in [0.15, 0.2) is 29.6 Å². The zero-order chi connectivity index (χ0) is 12.6.